The Morgan fingerprint density at radius 1 is 1.35 bits per heavy atom. The van der Waals surface area contributed by atoms with Crippen molar-refractivity contribution in [2.75, 3.05) is 7.11 Å². The lowest BCUT2D eigenvalue weighted by molar-refractivity contribution is -0.127. The number of hydrogen-bond donors (Lipinski definition) is 2. The lowest BCUT2D eigenvalue weighted by atomic mass is 9.84. The van der Waals surface area contributed by atoms with Crippen molar-refractivity contribution in [1.82, 2.24) is 5.32 Å². The van der Waals surface area contributed by atoms with E-state index in [4.69, 9.17) is 10.5 Å². The van der Waals surface area contributed by atoms with E-state index < -0.39 is 0 Å². The first-order valence-electron chi connectivity index (χ1n) is 7.32. The average molecular weight is 276 g/mol. The van der Waals surface area contributed by atoms with Crippen molar-refractivity contribution in [3.05, 3.63) is 29.8 Å². The maximum absolute atomic E-state index is 12.4. The quantitative estimate of drug-likeness (QED) is 0.887. The summed E-state index contributed by atoms with van der Waals surface area (Å²) in [6.45, 7) is 1.98. The van der Waals surface area contributed by atoms with Gasteiger partial charge in [0.1, 0.15) is 5.75 Å². The van der Waals surface area contributed by atoms with Gasteiger partial charge in [-0.25, -0.2) is 0 Å². The molecule has 0 bridgehead atoms. The van der Waals surface area contributed by atoms with Crippen LogP contribution in [-0.2, 0) is 4.79 Å². The minimum atomic E-state index is -0.0761. The Kier molecular flexibility index (Phi) is 5.01. The van der Waals surface area contributed by atoms with Crippen LogP contribution in [0.15, 0.2) is 24.3 Å². The van der Waals surface area contributed by atoms with E-state index >= 15 is 0 Å². The molecule has 0 spiro atoms. The molecule has 20 heavy (non-hydrogen) atoms. The van der Waals surface area contributed by atoms with E-state index in [1.165, 1.54) is 0 Å². The first-order valence-corrected chi connectivity index (χ1v) is 7.32. The highest BCUT2D eigenvalue weighted by Crippen LogP contribution is 2.27. The fourth-order valence-electron chi connectivity index (χ4n) is 2.91. The Morgan fingerprint density at radius 3 is 2.75 bits per heavy atom. The third-order valence-electron chi connectivity index (χ3n) is 4.12. The smallest absolute Gasteiger partial charge is 0.225 e. The minimum Gasteiger partial charge on any atom is -0.496 e. The Bertz CT molecular complexity index is 462. The lowest BCUT2D eigenvalue weighted by Crippen LogP contribution is -2.44. The molecule has 0 saturated heterocycles. The van der Waals surface area contributed by atoms with Crippen LogP contribution in [0.3, 0.4) is 0 Å². The summed E-state index contributed by atoms with van der Waals surface area (Å²) in [4.78, 5) is 12.4. The maximum Gasteiger partial charge on any atom is 0.225 e. The summed E-state index contributed by atoms with van der Waals surface area (Å²) in [5.41, 5.74) is 7.06. The molecular weight excluding hydrogens is 252 g/mol. The molecule has 1 amide bonds. The van der Waals surface area contributed by atoms with E-state index in [-0.39, 0.29) is 23.9 Å². The highest BCUT2D eigenvalue weighted by atomic mass is 16.5. The average Bonchev–Trinajstić information content (AvgIpc) is 2.47. The Hall–Kier alpha value is -1.55. The van der Waals surface area contributed by atoms with E-state index in [0.29, 0.717) is 0 Å². The number of methoxy groups -OCH3 is 1. The molecule has 110 valence electrons. The van der Waals surface area contributed by atoms with E-state index in [0.717, 1.165) is 37.0 Å². The molecule has 1 saturated carbocycles. The van der Waals surface area contributed by atoms with Crippen LogP contribution in [0.5, 0.6) is 5.75 Å². The molecule has 4 nitrogen and oxygen atoms in total. The van der Waals surface area contributed by atoms with Gasteiger partial charge in [0.15, 0.2) is 0 Å². The van der Waals surface area contributed by atoms with Crippen LogP contribution in [0.2, 0.25) is 0 Å². The monoisotopic (exact) mass is 276 g/mol. The van der Waals surface area contributed by atoms with Crippen LogP contribution in [0, 0.1) is 5.92 Å². The molecule has 0 aliphatic heterocycles. The zero-order valence-electron chi connectivity index (χ0n) is 12.3. The molecule has 0 heterocycles. The van der Waals surface area contributed by atoms with Gasteiger partial charge in [-0.3, -0.25) is 4.79 Å². The van der Waals surface area contributed by atoms with Crippen molar-refractivity contribution in [3.63, 3.8) is 0 Å². The van der Waals surface area contributed by atoms with Gasteiger partial charge >= 0.3 is 0 Å². The third kappa shape index (κ3) is 3.31. The van der Waals surface area contributed by atoms with Gasteiger partial charge in [-0.05, 0) is 25.8 Å². The van der Waals surface area contributed by atoms with Gasteiger partial charge in [-0.1, -0.05) is 31.0 Å². The number of nitrogens with one attached hydrogen (secondary N) is 1. The zero-order chi connectivity index (χ0) is 14.5. The molecule has 2 rings (SSSR count). The fraction of sp³-hybridized carbons (Fsp3) is 0.562. The number of ether oxygens (including phenoxy) is 1. The zero-order valence-corrected chi connectivity index (χ0v) is 12.3. The van der Waals surface area contributed by atoms with Crippen LogP contribution in [0.1, 0.15) is 44.2 Å². The second-order valence-electron chi connectivity index (χ2n) is 5.53. The first-order chi connectivity index (χ1) is 9.63. The summed E-state index contributed by atoms with van der Waals surface area (Å²) in [5, 5.41) is 3.07. The molecule has 4 heteroatoms. The predicted octanol–water partition coefficient (Wildman–Crippen LogP) is 2.39. The van der Waals surface area contributed by atoms with Crippen molar-refractivity contribution in [2.24, 2.45) is 11.7 Å². The minimum absolute atomic E-state index is 0.00591. The van der Waals surface area contributed by atoms with Gasteiger partial charge in [0.2, 0.25) is 5.91 Å². The molecule has 1 aromatic carbocycles. The number of benzene rings is 1. The van der Waals surface area contributed by atoms with Crippen molar-refractivity contribution in [2.45, 2.75) is 44.7 Å². The van der Waals surface area contributed by atoms with E-state index in [1.54, 1.807) is 7.11 Å². The molecule has 0 aromatic heterocycles. The number of carbonyl (C=O) groups is 1. The Morgan fingerprint density at radius 2 is 2.05 bits per heavy atom. The molecule has 1 aliphatic carbocycles. The fourth-order valence-corrected chi connectivity index (χ4v) is 2.91. The SMILES string of the molecule is COc1ccccc1C(C)NC(=O)C1CCCCC1N. The van der Waals surface area contributed by atoms with E-state index in [2.05, 4.69) is 5.32 Å². The first kappa shape index (κ1) is 14.9. The highest BCUT2D eigenvalue weighted by Gasteiger charge is 2.29. The van der Waals surface area contributed by atoms with Crippen LogP contribution < -0.4 is 15.8 Å². The molecular formula is C16H24N2O2. The molecule has 3 atom stereocenters. The van der Waals surface area contributed by atoms with Crippen LogP contribution in [0.25, 0.3) is 0 Å². The Balaban J connectivity index is 2.03. The molecule has 1 aromatic rings. The van der Waals surface area contributed by atoms with Gasteiger partial charge < -0.3 is 15.8 Å². The number of amides is 1. The normalized spacial score (nSPS) is 23.9. The van der Waals surface area contributed by atoms with Gasteiger partial charge in [0, 0.05) is 11.6 Å². The van der Waals surface area contributed by atoms with E-state index in [9.17, 15) is 4.79 Å². The van der Waals surface area contributed by atoms with Crippen LogP contribution in [-0.4, -0.2) is 19.1 Å². The summed E-state index contributed by atoms with van der Waals surface area (Å²) >= 11 is 0. The summed E-state index contributed by atoms with van der Waals surface area (Å²) in [5.74, 6) is 0.810. The van der Waals surface area contributed by atoms with Crippen LogP contribution >= 0.6 is 0 Å². The summed E-state index contributed by atoms with van der Waals surface area (Å²) in [7, 11) is 1.64. The van der Waals surface area contributed by atoms with E-state index in [1.807, 2.05) is 31.2 Å². The number of nitrogens with two attached hydrogens (primary N) is 1. The number of rotatable bonds is 4. The van der Waals surface area contributed by atoms with Crippen molar-refractivity contribution < 1.29 is 9.53 Å². The van der Waals surface area contributed by atoms with Crippen molar-refractivity contribution in [3.8, 4) is 5.75 Å². The topological polar surface area (TPSA) is 64.3 Å². The third-order valence-corrected chi connectivity index (χ3v) is 4.12. The van der Waals surface area contributed by atoms with Gasteiger partial charge in [-0.2, -0.15) is 0 Å². The second-order valence-corrected chi connectivity index (χ2v) is 5.53. The molecule has 3 unspecified atom stereocenters. The summed E-state index contributed by atoms with van der Waals surface area (Å²) < 4.78 is 5.34. The lowest BCUT2D eigenvalue weighted by Gasteiger charge is -2.29. The largest absolute Gasteiger partial charge is 0.496 e. The van der Waals surface area contributed by atoms with Gasteiger partial charge in [0.05, 0.1) is 19.1 Å². The summed E-state index contributed by atoms with van der Waals surface area (Å²) in [6, 6.07) is 7.68. The van der Waals surface area contributed by atoms with Crippen molar-refractivity contribution in [1.29, 1.82) is 0 Å². The van der Waals surface area contributed by atoms with Crippen molar-refractivity contribution >= 4 is 5.91 Å². The Labute approximate surface area is 120 Å². The second kappa shape index (κ2) is 6.75. The number of carbonyl (C=O) groups excluding carboxylic acids is 1. The molecule has 0 radical (unpaired) electrons. The molecule has 1 aliphatic rings. The number of para-hydroxylation sites is 1. The predicted molar refractivity (Wildman–Crippen MR) is 79.5 cm³/mol. The molecule has 3 N–H and O–H groups in total. The van der Waals surface area contributed by atoms with Crippen LogP contribution in [0.4, 0.5) is 0 Å². The van der Waals surface area contributed by atoms with Gasteiger partial charge in [0.25, 0.3) is 0 Å². The standard InChI is InChI=1S/C16H24N2O2/c1-11(12-7-4-6-10-15(12)20-2)18-16(19)13-8-3-5-9-14(13)17/h4,6-7,10-11,13-14H,3,5,8-9,17H2,1-2H3,(H,18,19). The number of hydrogen-bond acceptors (Lipinski definition) is 3. The molecule has 1 fully saturated rings. The van der Waals surface area contributed by atoms with Gasteiger partial charge in [-0.15, -0.1) is 0 Å². The highest BCUT2D eigenvalue weighted by molar-refractivity contribution is 5.80. The summed E-state index contributed by atoms with van der Waals surface area (Å²) in [6.07, 6.45) is 4.06. The maximum atomic E-state index is 12.4.